The monoisotopic (exact) mass is 393 g/mol. The molecule has 11 nitrogen and oxygen atoms in total. The van der Waals surface area contributed by atoms with Crippen molar-refractivity contribution in [2.75, 3.05) is 23.3 Å². The van der Waals surface area contributed by atoms with Crippen LogP contribution in [0.3, 0.4) is 0 Å². The first kappa shape index (κ1) is 18.4. The minimum atomic E-state index is -2.75. The van der Waals surface area contributed by atoms with Crippen molar-refractivity contribution in [1.29, 1.82) is 0 Å². The fourth-order valence-corrected chi connectivity index (χ4v) is 2.99. The first-order valence-electron chi connectivity index (χ1n) is 8.85. The summed E-state index contributed by atoms with van der Waals surface area (Å²) in [5.41, 5.74) is 0.480. The Morgan fingerprint density at radius 2 is 1.93 bits per heavy atom. The summed E-state index contributed by atoms with van der Waals surface area (Å²) >= 11 is 0. The Morgan fingerprint density at radius 1 is 1.14 bits per heavy atom. The molecule has 0 amide bonds. The van der Waals surface area contributed by atoms with Gasteiger partial charge in [0.05, 0.1) is 6.54 Å². The Morgan fingerprint density at radius 3 is 2.54 bits per heavy atom. The van der Waals surface area contributed by atoms with Crippen LogP contribution in [0, 0.1) is 0 Å². The summed E-state index contributed by atoms with van der Waals surface area (Å²) in [6, 6.07) is 0. The summed E-state index contributed by atoms with van der Waals surface area (Å²) in [6.07, 6.45) is -0.223. The highest BCUT2D eigenvalue weighted by Gasteiger charge is 2.40. The fourth-order valence-electron chi connectivity index (χ4n) is 2.99. The molecule has 1 N–H and O–H groups in total. The minimum absolute atomic E-state index is 0.189. The Balaban J connectivity index is 1.80. The van der Waals surface area contributed by atoms with Crippen LogP contribution in [-0.4, -0.2) is 69.7 Å². The molecule has 0 unspecified atom stereocenters. The van der Waals surface area contributed by atoms with Gasteiger partial charge in [-0.2, -0.15) is 9.97 Å². The Labute approximate surface area is 159 Å². The van der Waals surface area contributed by atoms with E-state index >= 15 is 0 Å². The maximum atomic E-state index is 13.8. The van der Waals surface area contributed by atoms with E-state index in [-0.39, 0.29) is 25.0 Å². The van der Waals surface area contributed by atoms with Gasteiger partial charge in [-0.3, -0.25) is 0 Å². The van der Waals surface area contributed by atoms with Crippen molar-refractivity contribution in [3.8, 4) is 0 Å². The second-order valence-corrected chi connectivity index (χ2v) is 7.91. The van der Waals surface area contributed by atoms with Gasteiger partial charge < -0.3 is 10.2 Å². The normalized spacial score (nSPS) is 16.9. The third-order valence-electron chi connectivity index (χ3n) is 4.30. The van der Waals surface area contributed by atoms with Crippen molar-refractivity contribution in [3.05, 3.63) is 5.82 Å². The topological polar surface area (TPSA) is 115 Å². The van der Waals surface area contributed by atoms with E-state index in [0.29, 0.717) is 28.8 Å². The maximum absolute atomic E-state index is 13.8. The second kappa shape index (κ2) is 6.27. The predicted molar refractivity (Wildman–Crippen MR) is 96.2 cm³/mol. The van der Waals surface area contributed by atoms with Gasteiger partial charge in [0.25, 0.3) is 5.92 Å². The van der Waals surface area contributed by atoms with Crippen LogP contribution in [-0.2, 0) is 13.6 Å². The third kappa shape index (κ3) is 3.55. The van der Waals surface area contributed by atoms with E-state index in [1.165, 1.54) is 14.3 Å². The van der Waals surface area contributed by atoms with Gasteiger partial charge >= 0.3 is 0 Å². The zero-order valence-corrected chi connectivity index (χ0v) is 16.1. The molecule has 0 aromatic carbocycles. The lowest BCUT2D eigenvalue weighted by Crippen LogP contribution is -2.29. The number of fused-ring (bicyclic) bond motifs is 1. The lowest BCUT2D eigenvalue weighted by Gasteiger charge is -2.22. The largest absolute Gasteiger partial charge is 0.350 e. The van der Waals surface area contributed by atoms with Crippen LogP contribution in [0.15, 0.2) is 0 Å². The van der Waals surface area contributed by atoms with E-state index in [1.54, 1.807) is 7.05 Å². The quantitative estimate of drug-likeness (QED) is 0.688. The third-order valence-corrected chi connectivity index (χ3v) is 4.30. The van der Waals surface area contributed by atoms with E-state index in [1.807, 2.05) is 20.8 Å². The van der Waals surface area contributed by atoms with Crippen molar-refractivity contribution in [1.82, 2.24) is 45.2 Å². The summed E-state index contributed by atoms with van der Waals surface area (Å²) in [4.78, 5) is 10.5. The number of hydrogen-bond donors (Lipinski definition) is 1. The lowest BCUT2D eigenvalue weighted by atomic mass is 10.1. The lowest BCUT2D eigenvalue weighted by molar-refractivity contribution is 0.0257. The average molecular weight is 393 g/mol. The molecule has 3 aromatic heterocycles. The average Bonchev–Trinajstić information content (AvgIpc) is 3.26. The summed E-state index contributed by atoms with van der Waals surface area (Å²) in [7, 11) is 1.72. The van der Waals surface area contributed by atoms with E-state index in [0.717, 1.165) is 0 Å². The maximum Gasteiger partial charge on any atom is 0.266 e. The molecule has 0 saturated carbocycles. The number of aryl methyl sites for hydroxylation is 1. The van der Waals surface area contributed by atoms with Crippen LogP contribution in [0.4, 0.5) is 20.5 Å². The van der Waals surface area contributed by atoms with Crippen LogP contribution >= 0.6 is 0 Å². The number of rotatable bonds is 4. The summed E-state index contributed by atoms with van der Waals surface area (Å²) in [5, 5.41) is 22.8. The molecule has 4 rings (SSSR count). The first-order chi connectivity index (χ1) is 13.1. The molecular formula is C15H21F2N11. The molecule has 0 aliphatic carbocycles. The minimum Gasteiger partial charge on any atom is -0.350 e. The molecule has 1 aliphatic heterocycles. The fraction of sp³-hybridized carbons (Fsp3) is 0.667. The van der Waals surface area contributed by atoms with Gasteiger partial charge in [-0.1, -0.05) is 5.21 Å². The van der Waals surface area contributed by atoms with Crippen LogP contribution in [0.5, 0.6) is 0 Å². The zero-order chi connectivity index (χ0) is 20.1. The van der Waals surface area contributed by atoms with Crippen molar-refractivity contribution in [3.63, 3.8) is 0 Å². The van der Waals surface area contributed by atoms with Crippen LogP contribution < -0.4 is 10.2 Å². The highest BCUT2D eigenvalue weighted by atomic mass is 19.3. The zero-order valence-electron chi connectivity index (χ0n) is 16.1. The Kier molecular flexibility index (Phi) is 4.12. The van der Waals surface area contributed by atoms with Crippen LogP contribution in [0.2, 0.25) is 0 Å². The Hall–Kier alpha value is -2.99. The predicted octanol–water partition coefficient (Wildman–Crippen LogP) is 0.849. The number of anilines is 2. The molecule has 1 fully saturated rings. The van der Waals surface area contributed by atoms with Gasteiger partial charge in [0.15, 0.2) is 22.8 Å². The highest BCUT2D eigenvalue weighted by Crippen LogP contribution is 2.33. The number of nitrogens with one attached hydrogen (secondary N) is 1. The van der Waals surface area contributed by atoms with Crippen molar-refractivity contribution < 1.29 is 8.78 Å². The molecule has 28 heavy (non-hydrogen) atoms. The smallest absolute Gasteiger partial charge is 0.266 e. The second-order valence-electron chi connectivity index (χ2n) is 7.91. The molecule has 4 heterocycles. The number of hydrogen-bond acceptors (Lipinski definition) is 9. The molecule has 1 aliphatic rings. The van der Waals surface area contributed by atoms with E-state index in [2.05, 4.69) is 41.1 Å². The summed E-state index contributed by atoms with van der Waals surface area (Å²) < 4.78 is 30.6. The van der Waals surface area contributed by atoms with Crippen molar-refractivity contribution in [2.24, 2.45) is 7.05 Å². The van der Waals surface area contributed by atoms with Gasteiger partial charge in [-0.15, -0.1) is 10.2 Å². The first-order valence-corrected chi connectivity index (χ1v) is 8.85. The van der Waals surface area contributed by atoms with Gasteiger partial charge in [-0.05, 0) is 31.2 Å². The van der Waals surface area contributed by atoms with Gasteiger partial charge in [0, 0.05) is 25.6 Å². The van der Waals surface area contributed by atoms with Gasteiger partial charge in [-0.25, -0.2) is 18.1 Å². The number of halogens is 2. The molecule has 0 spiro atoms. The molecule has 0 atom stereocenters. The van der Waals surface area contributed by atoms with E-state index in [4.69, 9.17) is 0 Å². The molecule has 13 heteroatoms. The number of nitrogens with zero attached hydrogens (tertiary/aromatic N) is 10. The number of alkyl halides is 2. The van der Waals surface area contributed by atoms with Crippen molar-refractivity contribution >= 4 is 22.9 Å². The Bertz CT molecular complexity index is 1000. The molecule has 0 radical (unpaired) electrons. The standard InChI is InChI=1S/C15H21F2N11/c1-14(2,3)20-13-18-11(27-6-5-15(16,17)8-27)10-12(19-13)28(24-22-10)7-9-21-23-25-26(9)4/h5-8H2,1-4H3,(H,18,19,20). The molecule has 150 valence electrons. The van der Waals surface area contributed by atoms with Crippen LogP contribution in [0.1, 0.15) is 33.0 Å². The summed E-state index contributed by atoms with van der Waals surface area (Å²) in [5.74, 6) is -1.53. The van der Waals surface area contributed by atoms with Gasteiger partial charge in [0.2, 0.25) is 5.95 Å². The SMILES string of the molecule is Cn1nnnc1Cn1nnc2c(N3CCC(F)(F)C3)nc(NC(C)(C)C)nc21. The van der Waals surface area contributed by atoms with Crippen molar-refractivity contribution in [2.45, 2.75) is 45.2 Å². The van der Waals surface area contributed by atoms with E-state index in [9.17, 15) is 8.78 Å². The highest BCUT2D eigenvalue weighted by molar-refractivity contribution is 5.84. The molecule has 3 aromatic rings. The molecular weight excluding hydrogens is 372 g/mol. The van der Waals surface area contributed by atoms with E-state index < -0.39 is 12.5 Å². The molecule has 0 bridgehead atoms. The summed E-state index contributed by atoms with van der Waals surface area (Å²) in [6.45, 7) is 5.91. The number of aromatic nitrogens is 9. The van der Waals surface area contributed by atoms with Gasteiger partial charge in [0.1, 0.15) is 6.54 Å². The van der Waals surface area contributed by atoms with Crippen LogP contribution in [0.25, 0.3) is 11.2 Å². The molecule has 1 saturated heterocycles. The number of tetrazole rings is 1.